The van der Waals surface area contributed by atoms with Crippen LogP contribution in [0.25, 0.3) is 0 Å². The third-order valence-electron chi connectivity index (χ3n) is 3.14. The number of hydrogen-bond donors (Lipinski definition) is 2. The molecule has 2 atom stereocenters. The van der Waals surface area contributed by atoms with E-state index in [-0.39, 0.29) is 22.9 Å². The summed E-state index contributed by atoms with van der Waals surface area (Å²) in [6.45, 7) is 0.560. The number of carbonyl (C=O) groups excluding carboxylic acids is 1. The van der Waals surface area contributed by atoms with Crippen LogP contribution in [0.1, 0.15) is 36.2 Å². The first-order valence-electron chi connectivity index (χ1n) is 6.09. The first-order valence-corrected chi connectivity index (χ1v) is 6.47. The minimum absolute atomic E-state index is 0.204. The second kappa shape index (κ2) is 6.11. The van der Waals surface area contributed by atoms with Crippen molar-refractivity contribution in [1.29, 1.82) is 0 Å². The number of aliphatic hydroxyl groups excluding tert-OH is 1. The fraction of sp³-hybridized carbons (Fsp3) is 0.583. The Morgan fingerprint density at radius 1 is 1.50 bits per heavy atom. The molecule has 2 unspecified atom stereocenters. The van der Waals surface area contributed by atoms with E-state index in [4.69, 9.17) is 11.6 Å². The summed E-state index contributed by atoms with van der Waals surface area (Å²) in [6.07, 6.45) is 6.21. The number of carbonyl (C=O) groups is 1. The Balaban J connectivity index is 1.84. The average molecular weight is 270 g/mol. The Kier molecular flexibility index (Phi) is 4.49. The second-order valence-electron chi connectivity index (χ2n) is 4.62. The molecular formula is C12H16ClN3O2. The number of hydrogen-bond acceptors (Lipinski definition) is 4. The molecule has 0 aliphatic heterocycles. The van der Waals surface area contributed by atoms with Crippen molar-refractivity contribution in [2.45, 2.75) is 31.8 Å². The van der Waals surface area contributed by atoms with Gasteiger partial charge >= 0.3 is 0 Å². The molecule has 1 aromatic rings. The summed E-state index contributed by atoms with van der Waals surface area (Å²) in [5.74, 6) is 0.0647. The molecule has 1 heterocycles. The van der Waals surface area contributed by atoms with E-state index in [9.17, 15) is 9.90 Å². The Labute approximate surface area is 111 Å². The number of amides is 1. The maximum Gasteiger partial charge on any atom is 0.271 e. The van der Waals surface area contributed by atoms with Crippen molar-refractivity contribution in [3.63, 3.8) is 0 Å². The third-order valence-corrected chi connectivity index (χ3v) is 3.33. The van der Waals surface area contributed by atoms with Crippen LogP contribution in [0.5, 0.6) is 0 Å². The summed E-state index contributed by atoms with van der Waals surface area (Å²) in [5.41, 5.74) is 0.221. The summed E-state index contributed by atoms with van der Waals surface area (Å²) < 4.78 is 0. The highest BCUT2D eigenvalue weighted by Gasteiger charge is 2.20. The largest absolute Gasteiger partial charge is 0.393 e. The number of nitrogens with one attached hydrogen (secondary N) is 1. The van der Waals surface area contributed by atoms with Gasteiger partial charge in [0.2, 0.25) is 0 Å². The van der Waals surface area contributed by atoms with Gasteiger partial charge in [-0.25, -0.2) is 4.98 Å². The molecule has 5 nitrogen and oxygen atoms in total. The Morgan fingerprint density at radius 2 is 2.33 bits per heavy atom. The standard InChI is InChI=1S/C12H16ClN3O2/c13-11-7-14-6-10(16-11)12(18)15-5-8-2-1-3-9(17)4-8/h6-9,17H,1-5H2,(H,15,18). The Bertz CT molecular complexity index is 428. The molecule has 0 aromatic carbocycles. The molecule has 2 N–H and O–H groups in total. The molecule has 0 spiro atoms. The van der Waals surface area contributed by atoms with Gasteiger partial charge in [0.05, 0.1) is 18.5 Å². The van der Waals surface area contributed by atoms with E-state index < -0.39 is 0 Å². The number of halogens is 1. The van der Waals surface area contributed by atoms with Crippen molar-refractivity contribution in [3.8, 4) is 0 Å². The summed E-state index contributed by atoms with van der Waals surface area (Å²) >= 11 is 5.67. The zero-order valence-electron chi connectivity index (χ0n) is 9.97. The van der Waals surface area contributed by atoms with Gasteiger partial charge in [-0.05, 0) is 25.2 Å². The Hall–Kier alpha value is -1.20. The molecule has 0 bridgehead atoms. The van der Waals surface area contributed by atoms with Gasteiger partial charge in [-0.15, -0.1) is 0 Å². The van der Waals surface area contributed by atoms with E-state index in [0.717, 1.165) is 25.7 Å². The minimum Gasteiger partial charge on any atom is -0.393 e. The smallest absolute Gasteiger partial charge is 0.271 e. The lowest BCUT2D eigenvalue weighted by Gasteiger charge is -2.25. The molecule has 2 rings (SSSR count). The van der Waals surface area contributed by atoms with Crippen LogP contribution in [0.2, 0.25) is 5.15 Å². The van der Waals surface area contributed by atoms with Crippen molar-refractivity contribution < 1.29 is 9.90 Å². The highest BCUT2D eigenvalue weighted by Crippen LogP contribution is 2.23. The van der Waals surface area contributed by atoms with Gasteiger partial charge in [0.1, 0.15) is 10.8 Å². The van der Waals surface area contributed by atoms with Crippen molar-refractivity contribution >= 4 is 17.5 Å². The van der Waals surface area contributed by atoms with Crippen LogP contribution in [0.4, 0.5) is 0 Å². The normalized spacial score (nSPS) is 23.7. The van der Waals surface area contributed by atoms with E-state index in [1.165, 1.54) is 12.4 Å². The molecule has 6 heteroatoms. The van der Waals surface area contributed by atoms with Crippen LogP contribution in [0.15, 0.2) is 12.4 Å². The van der Waals surface area contributed by atoms with Crippen molar-refractivity contribution in [1.82, 2.24) is 15.3 Å². The molecule has 1 amide bonds. The van der Waals surface area contributed by atoms with Gasteiger partial charge < -0.3 is 10.4 Å². The monoisotopic (exact) mass is 269 g/mol. The van der Waals surface area contributed by atoms with E-state index >= 15 is 0 Å². The maximum absolute atomic E-state index is 11.8. The molecule has 1 aromatic heterocycles. The number of rotatable bonds is 3. The fourth-order valence-corrected chi connectivity index (χ4v) is 2.37. The SMILES string of the molecule is O=C(NCC1CCCC(O)C1)c1cncc(Cl)n1. The van der Waals surface area contributed by atoms with Gasteiger partial charge in [0, 0.05) is 6.54 Å². The minimum atomic E-state index is -0.273. The predicted molar refractivity (Wildman–Crippen MR) is 67.3 cm³/mol. The summed E-state index contributed by atoms with van der Waals surface area (Å²) in [4.78, 5) is 19.5. The van der Waals surface area contributed by atoms with Gasteiger partial charge in [-0.2, -0.15) is 0 Å². The summed E-state index contributed by atoms with van der Waals surface area (Å²) in [7, 11) is 0. The van der Waals surface area contributed by atoms with Gasteiger partial charge in [-0.1, -0.05) is 18.0 Å². The van der Waals surface area contributed by atoms with Crippen LogP contribution in [0, 0.1) is 5.92 Å². The quantitative estimate of drug-likeness (QED) is 0.870. The summed E-state index contributed by atoms with van der Waals surface area (Å²) in [6, 6.07) is 0. The maximum atomic E-state index is 11.8. The van der Waals surface area contributed by atoms with Crippen LogP contribution in [-0.4, -0.2) is 33.6 Å². The van der Waals surface area contributed by atoms with E-state index in [0.29, 0.717) is 12.5 Å². The van der Waals surface area contributed by atoms with E-state index in [2.05, 4.69) is 15.3 Å². The second-order valence-corrected chi connectivity index (χ2v) is 5.01. The van der Waals surface area contributed by atoms with Crippen LogP contribution in [-0.2, 0) is 0 Å². The molecular weight excluding hydrogens is 254 g/mol. The number of nitrogens with zero attached hydrogens (tertiary/aromatic N) is 2. The van der Waals surface area contributed by atoms with Crippen molar-refractivity contribution in [3.05, 3.63) is 23.2 Å². The summed E-state index contributed by atoms with van der Waals surface area (Å²) in [5, 5.41) is 12.6. The Morgan fingerprint density at radius 3 is 3.06 bits per heavy atom. The van der Waals surface area contributed by atoms with Crippen molar-refractivity contribution in [2.75, 3.05) is 6.54 Å². The molecule has 1 aliphatic carbocycles. The first-order chi connectivity index (χ1) is 8.65. The number of aromatic nitrogens is 2. The molecule has 18 heavy (non-hydrogen) atoms. The van der Waals surface area contributed by atoms with E-state index in [1.54, 1.807) is 0 Å². The van der Waals surface area contributed by atoms with Gasteiger partial charge in [0.25, 0.3) is 5.91 Å². The van der Waals surface area contributed by atoms with Crippen LogP contribution in [0.3, 0.4) is 0 Å². The molecule has 1 fully saturated rings. The predicted octanol–water partition coefficient (Wildman–Crippen LogP) is 1.41. The lowest BCUT2D eigenvalue weighted by molar-refractivity contribution is 0.0870. The number of aliphatic hydroxyl groups is 1. The van der Waals surface area contributed by atoms with Gasteiger partial charge in [0.15, 0.2) is 0 Å². The average Bonchev–Trinajstić information content (AvgIpc) is 2.36. The third kappa shape index (κ3) is 3.65. The first kappa shape index (κ1) is 13.2. The topological polar surface area (TPSA) is 75.1 Å². The van der Waals surface area contributed by atoms with Crippen LogP contribution < -0.4 is 5.32 Å². The molecule has 1 saturated carbocycles. The lowest BCUT2D eigenvalue weighted by atomic mass is 9.87. The molecule has 98 valence electrons. The fourth-order valence-electron chi connectivity index (χ4n) is 2.23. The molecule has 0 radical (unpaired) electrons. The van der Waals surface area contributed by atoms with Crippen LogP contribution >= 0.6 is 11.6 Å². The van der Waals surface area contributed by atoms with Gasteiger partial charge in [-0.3, -0.25) is 9.78 Å². The van der Waals surface area contributed by atoms with Crippen molar-refractivity contribution in [2.24, 2.45) is 5.92 Å². The molecule has 1 aliphatic rings. The zero-order valence-corrected chi connectivity index (χ0v) is 10.7. The highest BCUT2D eigenvalue weighted by molar-refractivity contribution is 6.29. The lowest BCUT2D eigenvalue weighted by Crippen LogP contribution is -2.33. The highest BCUT2D eigenvalue weighted by atomic mass is 35.5. The molecule has 0 saturated heterocycles. The van der Waals surface area contributed by atoms with E-state index in [1.807, 2.05) is 0 Å². The zero-order chi connectivity index (χ0) is 13.0.